The minimum atomic E-state index is -0.0170. The SMILES string of the molecule is CCCCC(CCC)n1cnc2c(sc3ncc([N+](C)=O)c(NC)c32)c1=O. The average molecular weight is 389 g/mol. The Balaban J connectivity index is 2.24. The molecule has 1 unspecified atom stereocenters. The van der Waals surface area contributed by atoms with Crippen LogP contribution in [0.15, 0.2) is 17.3 Å². The fourth-order valence-corrected chi connectivity index (χ4v) is 4.59. The zero-order valence-electron chi connectivity index (χ0n) is 16.3. The molecule has 144 valence electrons. The van der Waals surface area contributed by atoms with E-state index in [0.29, 0.717) is 26.4 Å². The summed E-state index contributed by atoms with van der Waals surface area (Å²) in [4.78, 5) is 34.8. The molecule has 27 heavy (non-hydrogen) atoms. The predicted molar refractivity (Wildman–Crippen MR) is 111 cm³/mol. The van der Waals surface area contributed by atoms with Gasteiger partial charge in [0.25, 0.3) is 11.2 Å². The Labute approximate surface area is 162 Å². The number of nitrogens with zero attached hydrogens (tertiary/aromatic N) is 4. The number of nitroso groups, excluding NO2 is 1. The lowest BCUT2D eigenvalue weighted by Gasteiger charge is -2.18. The van der Waals surface area contributed by atoms with Crippen molar-refractivity contribution in [2.75, 3.05) is 19.4 Å². The molecule has 0 saturated heterocycles. The lowest BCUT2D eigenvalue weighted by Crippen LogP contribution is -2.24. The van der Waals surface area contributed by atoms with E-state index in [1.807, 2.05) is 0 Å². The average Bonchev–Trinajstić information content (AvgIpc) is 3.04. The molecule has 0 radical (unpaired) electrons. The summed E-state index contributed by atoms with van der Waals surface area (Å²) >= 11 is 1.34. The standard InChI is InChI=1S/C19H25N5O2S/c1-5-7-9-12(8-6-2)24-11-22-16-14-15(20-3)13(23(4)26)10-21-18(14)27-17(16)19(24)25/h10-12H,5-9H2,1-4H3/p+1. The monoisotopic (exact) mass is 388 g/mol. The summed E-state index contributed by atoms with van der Waals surface area (Å²) in [5.41, 5.74) is 1.69. The molecule has 8 heteroatoms. The van der Waals surface area contributed by atoms with Crippen LogP contribution in [-0.2, 0) is 0 Å². The lowest BCUT2D eigenvalue weighted by molar-refractivity contribution is -0.427. The third-order valence-electron chi connectivity index (χ3n) is 4.91. The highest BCUT2D eigenvalue weighted by atomic mass is 32.1. The van der Waals surface area contributed by atoms with E-state index in [-0.39, 0.29) is 11.6 Å². The van der Waals surface area contributed by atoms with Crippen molar-refractivity contribution in [3.8, 4) is 0 Å². The maximum atomic E-state index is 13.2. The van der Waals surface area contributed by atoms with Crippen LogP contribution in [0.3, 0.4) is 0 Å². The highest BCUT2D eigenvalue weighted by Gasteiger charge is 2.24. The van der Waals surface area contributed by atoms with Crippen molar-refractivity contribution in [1.82, 2.24) is 14.5 Å². The highest BCUT2D eigenvalue weighted by Crippen LogP contribution is 2.39. The first-order valence-electron chi connectivity index (χ1n) is 9.44. The van der Waals surface area contributed by atoms with E-state index in [1.54, 1.807) is 17.9 Å². The zero-order chi connectivity index (χ0) is 19.6. The summed E-state index contributed by atoms with van der Waals surface area (Å²) in [6.07, 6.45) is 8.36. The number of rotatable bonds is 8. The van der Waals surface area contributed by atoms with E-state index < -0.39 is 0 Å². The third kappa shape index (κ3) is 3.45. The van der Waals surface area contributed by atoms with Crippen LogP contribution >= 0.6 is 11.3 Å². The third-order valence-corrected chi connectivity index (χ3v) is 5.99. The fourth-order valence-electron chi connectivity index (χ4n) is 3.54. The van der Waals surface area contributed by atoms with Crippen molar-refractivity contribution in [3.05, 3.63) is 27.8 Å². The minimum absolute atomic E-state index is 0.0170. The molecule has 0 saturated carbocycles. The van der Waals surface area contributed by atoms with Gasteiger partial charge in [-0.3, -0.25) is 9.36 Å². The van der Waals surface area contributed by atoms with Gasteiger partial charge in [0.2, 0.25) is 0 Å². The molecule has 0 aliphatic rings. The molecule has 7 nitrogen and oxygen atoms in total. The fraction of sp³-hybridized carbons (Fsp3) is 0.526. The molecule has 3 aromatic heterocycles. The van der Waals surface area contributed by atoms with Gasteiger partial charge in [-0.15, -0.1) is 11.3 Å². The van der Waals surface area contributed by atoms with Crippen LogP contribution in [0.1, 0.15) is 52.0 Å². The normalized spacial score (nSPS) is 12.6. The molecule has 3 heterocycles. The van der Waals surface area contributed by atoms with Gasteiger partial charge >= 0.3 is 0 Å². The minimum Gasteiger partial charge on any atom is -0.382 e. The number of aromatic nitrogens is 3. The van der Waals surface area contributed by atoms with Gasteiger partial charge in [0.05, 0.1) is 11.7 Å². The molecular formula is C19H26N5O2S+. The molecule has 1 N–H and O–H groups in total. The number of anilines is 1. The second-order valence-corrected chi connectivity index (χ2v) is 7.77. The van der Waals surface area contributed by atoms with Crippen LogP contribution in [0.2, 0.25) is 0 Å². The molecule has 1 atom stereocenters. The quantitative estimate of drug-likeness (QED) is 0.570. The first-order chi connectivity index (χ1) is 13.0. The summed E-state index contributed by atoms with van der Waals surface area (Å²) in [6, 6.07) is 0.171. The van der Waals surface area contributed by atoms with E-state index in [0.717, 1.165) is 42.3 Å². The van der Waals surface area contributed by atoms with Crippen molar-refractivity contribution in [1.29, 1.82) is 0 Å². The molecule has 3 aromatic rings. The van der Waals surface area contributed by atoms with Crippen LogP contribution in [0, 0.1) is 4.91 Å². The number of unbranched alkanes of at least 4 members (excludes halogenated alkanes) is 1. The predicted octanol–water partition coefficient (Wildman–Crippen LogP) is 4.62. The second kappa shape index (κ2) is 8.12. The molecule has 0 spiro atoms. The van der Waals surface area contributed by atoms with Crippen LogP contribution in [0.5, 0.6) is 0 Å². The maximum absolute atomic E-state index is 13.2. The number of hydrogen-bond donors (Lipinski definition) is 1. The lowest BCUT2D eigenvalue weighted by atomic mass is 10.0. The zero-order valence-corrected chi connectivity index (χ0v) is 17.1. The van der Waals surface area contributed by atoms with Crippen LogP contribution < -0.4 is 10.9 Å². The van der Waals surface area contributed by atoms with Gasteiger partial charge in [-0.05, 0) is 12.8 Å². The van der Waals surface area contributed by atoms with Crippen molar-refractivity contribution >= 4 is 43.1 Å². The first kappa shape index (κ1) is 19.4. The van der Waals surface area contributed by atoms with Gasteiger partial charge in [0, 0.05) is 22.8 Å². The first-order valence-corrected chi connectivity index (χ1v) is 10.3. The van der Waals surface area contributed by atoms with Gasteiger partial charge in [0.15, 0.2) is 7.05 Å². The van der Waals surface area contributed by atoms with Gasteiger partial charge in [-0.2, -0.15) is 0 Å². The van der Waals surface area contributed by atoms with Crippen LogP contribution in [0.4, 0.5) is 11.4 Å². The molecular weight excluding hydrogens is 362 g/mol. The number of thiophene rings is 1. The number of nitrogens with one attached hydrogen (secondary N) is 1. The Morgan fingerprint density at radius 1 is 1.26 bits per heavy atom. The molecule has 0 amide bonds. The van der Waals surface area contributed by atoms with E-state index >= 15 is 0 Å². The second-order valence-electron chi connectivity index (χ2n) is 6.77. The number of pyridine rings is 1. The number of fused-ring (bicyclic) bond motifs is 3. The summed E-state index contributed by atoms with van der Waals surface area (Å²) in [7, 11) is 3.19. The van der Waals surface area contributed by atoms with E-state index in [2.05, 4.69) is 29.1 Å². The molecule has 0 bridgehead atoms. The smallest absolute Gasteiger partial charge is 0.297 e. The Morgan fingerprint density at radius 3 is 2.67 bits per heavy atom. The molecule has 0 fully saturated rings. The number of hydrogen-bond acceptors (Lipinski definition) is 6. The summed E-state index contributed by atoms with van der Waals surface area (Å²) in [5.74, 6) is 0. The molecule has 0 aliphatic carbocycles. The van der Waals surface area contributed by atoms with Gasteiger partial charge in [-0.25, -0.2) is 9.97 Å². The molecule has 0 aromatic carbocycles. The van der Waals surface area contributed by atoms with Gasteiger partial charge in [0.1, 0.15) is 26.9 Å². The summed E-state index contributed by atoms with van der Waals surface area (Å²) in [6.45, 7) is 4.30. The summed E-state index contributed by atoms with van der Waals surface area (Å²) < 4.78 is 3.15. The molecule has 0 aliphatic heterocycles. The van der Waals surface area contributed by atoms with E-state index in [1.165, 1.54) is 24.6 Å². The Hall–Kier alpha value is -2.35. The van der Waals surface area contributed by atoms with Gasteiger partial charge < -0.3 is 5.32 Å². The van der Waals surface area contributed by atoms with Crippen molar-refractivity contribution in [2.24, 2.45) is 0 Å². The van der Waals surface area contributed by atoms with Crippen molar-refractivity contribution in [3.63, 3.8) is 0 Å². The largest absolute Gasteiger partial charge is 0.382 e. The molecule has 3 rings (SSSR count). The highest BCUT2D eigenvalue weighted by molar-refractivity contribution is 7.25. The van der Waals surface area contributed by atoms with Gasteiger partial charge in [-0.1, -0.05) is 33.1 Å². The van der Waals surface area contributed by atoms with Crippen LogP contribution in [-0.4, -0.2) is 33.4 Å². The summed E-state index contributed by atoms with van der Waals surface area (Å²) in [5, 5.41) is 3.82. The Morgan fingerprint density at radius 2 is 2.04 bits per heavy atom. The van der Waals surface area contributed by atoms with E-state index in [4.69, 9.17) is 0 Å². The van der Waals surface area contributed by atoms with Crippen LogP contribution in [0.25, 0.3) is 20.4 Å². The van der Waals surface area contributed by atoms with Crippen molar-refractivity contribution < 1.29 is 4.76 Å². The van der Waals surface area contributed by atoms with Crippen molar-refractivity contribution in [2.45, 2.75) is 52.0 Å². The topological polar surface area (TPSA) is 79.9 Å². The Bertz CT molecular complexity index is 1040. The maximum Gasteiger partial charge on any atom is 0.297 e. The van der Waals surface area contributed by atoms with E-state index in [9.17, 15) is 9.70 Å². The Kier molecular flexibility index (Phi) is 5.84.